The molecule has 0 aliphatic carbocycles. The molecule has 23 heavy (non-hydrogen) atoms. The molecule has 0 radical (unpaired) electrons. The molecule has 0 saturated heterocycles. The van der Waals surface area contributed by atoms with Crippen LogP contribution in [0.15, 0.2) is 0 Å². The van der Waals surface area contributed by atoms with Gasteiger partial charge in [-0.15, -0.1) is 11.8 Å². The Kier molecular flexibility index (Phi) is 9.04. The molecule has 0 aromatic heterocycles. The van der Waals surface area contributed by atoms with Crippen LogP contribution < -0.4 is 5.32 Å². The molecule has 0 rings (SSSR count). The Morgan fingerprint density at radius 3 is 2.13 bits per heavy atom. The SMILES string of the molecule is CCC(=O)O[C@@H](OC(=O)NC[C@H](SC(C)(C)C)C(=O)O)C(C)C. The van der Waals surface area contributed by atoms with E-state index >= 15 is 0 Å². The number of ether oxygens (including phenoxy) is 2. The van der Waals surface area contributed by atoms with Gasteiger partial charge < -0.3 is 19.9 Å². The van der Waals surface area contributed by atoms with Crippen molar-refractivity contribution in [3.8, 4) is 0 Å². The number of nitrogens with one attached hydrogen (secondary N) is 1. The maximum absolute atomic E-state index is 11.8. The number of aliphatic carboxylic acids is 1. The Hall–Kier alpha value is -1.44. The fourth-order valence-corrected chi connectivity index (χ4v) is 2.56. The lowest BCUT2D eigenvalue weighted by molar-refractivity contribution is -0.174. The molecule has 0 saturated carbocycles. The zero-order valence-corrected chi connectivity index (χ0v) is 15.4. The van der Waals surface area contributed by atoms with E-state index in [0.717, 1.165) is 0 Å². The maximum Gasteiger partial charge on any atom is 0.410 e. The molecule has 0 fully saturated rings. The Balaban J connectivity index is 4.54. The summed E-state index contributed by atoms with van der Waals surface area (Å²) in [7, 11) is 0. The number of carbonyl (C=O) groups excluding carboxylic acids is 2. The van der Waals surface area contributed by atoms with E-state index < -0.39 is 29.6 Å². The lowest BCUT2D eigenvalue weighted by Crippen LogP contribution is -2.40. The number of carboxylic acid groups (broad SMARTS) is 1. The molecule has 0 aromatic carbocycles. The third kappa shape index (κ3) is 10.0. The Labute approximate surface area is 141 Å². The second-order valence-electron chi connectivity index (χ2n) is 6.30. The Morgan fingerprint density at radius 1 is 1.17 bits per heavy atom. The molecule has 0 spiro atoms. The highest BCUT2D eigenvalue weighted by molar-refractivity contribution is 8.01. The van der Waals surface area contributed by atoms with E-state index in [0.29, 0.717) is 0 Å². The van der Waals surface area contributed by atoms with Crippen LogP contribution in [0.3, 0.4) is 0 Å². The number of carbonyl (C=O) groups is 3. The second-order valence-corrected chi connectivity index (χ2v) is 8.33. The highest BCUT2D eigenvalue weighted by atomic mass is 32.2. The number of alkyl carbamates (subject to hydrolysis) is 1. The minimum Gasteiger partial charge on any atom is -0.480 e. The van der Waals surface area contributed by atoms with Crippen molar-refractivity contribution in [3.05, 3.63) is 0 Å². The normalized spacial score (nSPS) is 14.0. The van der Waals surface area contributed by atoms with Crippen molar-refractivity contribution in [1.82, 2.24) is 5.32 Å². The molecule has 0 aliphatic heterocycles. The summed E-state index contributed by atoms with van der Waals surface area (Å²) in [4.78, 5) is 34.3. The molecular weight excluding hydrogens is 322 g/mol. The molecule has 0 heterocycles. The van der Waals surface area contributed by atoms with Gasteiger partial charge in [0.1, 0.15) is 5.25 Å². The van der Waals surface area contributed by atoms with Gasteiger partial charge >= 0.3 is 18.0 Å². The maximum atomic E-state index is 11.8. The molecule has 1 amide bonds. The van der Waals surface area contributed by atoms with Gasteiger partial charge in [-0.25, -0.2) is 4.79 Å². The molecule has 0 aromatic rings. The predicted molar refractivity (Wildman–Crippen MR) is 88.3 cm³/mol. The van der Waals surface area contributed by atoms with Crippen molar-refractivity contribution in [2.45, 2.75) is 64.3 Å². The Morgan fingerprint density at radius 2 is 1.74 bits per heavy atom. The van der Waals surface area contributed by atoms with E-state index in [1.54, 1.807) is 20.8 Å². The topological polar surface area (TPSA) is 102 Å². The number of esters is 1. The molecule has 2 atom stereocenters. The number of hydrogen-bond donors (Lipinski definition) is 2. The monoisotopic (exact) mass is 349 g/mol. The van der Waals surface area contributed by atoms with Crippen molar-refractivity contribution in [1.29, 1.82) is 0 Å². The largest absolute Gasteiger partial charge is 0.480 e. The first kappa shape index (κ1) is 21.6. The standard InChI is InChI=1S/C15H27NO6S/c1-7-11(17)21-13(9(2)3)22-14(20)16-8-10(12(18)19)23-15(4,5)6/h9-10,13H,7-8H2,1-6H3,(H,16,20)(H,18,19)/t10-,13-/m0/s1. The molecule has 0 unspecified atom stereocenters. The smallest absolute Gasteiger partial charge is 0.410 e. The van der Waals surface area contributed by atoms with Gasteiger partial charge in [0.15, 0.2) is 0 Å². The van der Waals surface area contributed by atoms with Crippen molar-refractivity contribution in [2.24, 2.45) is 5.92 Å². The quantitative estimate of drug-likeness (QED) is 0.513. The number of hydrogen-bond acceptors (Lipinski definition) is 6. The zero-order valence-electron chi connectivity index (χ0n) is 14.5. The van der Waals surface area contributed by atoms with Gasteiger partial charge in [0.05, 0.1) is 0 Å². The van der Waals surface area contributed by atoms with Crippen LogP contribution in [0.1, 0.15) is 48.0 Å². The van der Waals surface area contributed by atoms with Gasteiger partial charge in [0.2, 0.25) is 0 Å². The minimum atomic E-state index is -1.01. The molecule has 8 heteroatoms. The fourth-order valence-electron chi connectivity index (χ4n) is 1.44. The van der Waals surface area contributed by atoms with E-state index in [9.17, 15) is 19.5 Å². The van der Waals surface area contributed by atoms with Crippen LogP contribution in [0.2, 0.25) is 0 Å². The highest BCUT2D eigenvalue weighted by Gasteiger charge is 2.27. The van der Waals surface area contributed by atoms with Crippen LogP contribution in [-0.4, -0.2) is 46.0 Å². The third-order valence-electron chi connectivity index (χ3n) is 2.51. The van der Waals surface area contributed by atoms with Crippen molar-refractivity contribution in [3.63, 3.8) is 0 Å². The van der Waals surface area contributed by atoms with Crippen LogP contribution >= 0.6 is 11.8 Å². The molecule has 0 bridgehead atoms. The average Bonchev–Trinajstić information content (AvgIpc) is 2.40. The highest BCUT2D eigenvalue weighted by Crippen LogP contribution is 2.28. The van der Waals surface area contributed by atoms with E-state index in [4.69, 9.17) is 9.47 Å². The summed E-state index contributed by atoms with van der Waals surface area (Å²) < 4.78 is 9.81. The van der Waals surface area contributed by atoms with Crippen molar-refractivity contribution >= 4 is 29.8 Å². The van der Waals surface area contributed by atoms with Gasteiger partial charge in [-0.2, -0.15) is 0 Å². The first-order valence-electron chi connectivity index (χ1n) is 7.50. The molecule has 2 N–H and O–H groups in total. The summed E-state index contributed by atoms with van der Waals surface area (Å²) in [5.41, 5.74) is 0. The lowest BCUT2D eigenvalue weighted by Gasteiger charge is -2.24. The van der Waals surface area contributed by atoms with Crippen LogP contribution in [0.5, 0.6) is 0 Å². The predicted octanol–water partition coefficient (Wildman–Crippen LogP) is 2.63. The van der Waals surface area contributed by atoms with Gasteiger partial charge in [-0.05, 0) is 0 Å². The summed E-state index contributed by atoms with van der Waals surface area (Å²) >= 11 is 1.24. The molecule has 0 aliphatic rings. The number of carboxylic acids is 1. The lowest BCUT2D eigenvalue weighted by atomic mass is 10.2. The number of thioether (sulfide) groups is 1. The molecular formula is C15H27NO6S. The first-order chi connectivity index (χ1) is 10.5. The van der Waals surface area contributed by atoms with Gasteiger partial charge in [0.25, 0.3) is 6.29 Å². The second kappa shape index (κ2) is 9.64. The van der Waals surface area contributed by atoms with Crippen LogP contribution in [0.4, 0.5) is 4.79 Å². The summed E-state index contributed by atoms with van der Waals surface area (Å²) in [5.74, 6) is -1.69. The van der Waals surface area contributed by atoms with Gasteiger partial charge in [0, 0.05) is 23.6 Å². The summed E-state index contributed by atoms with van der Waals surface area (Å²) in [6.07, 6.45) is -1.63. The molecule has 134 valence electrons. The average molecular weight is 349 g/mol. The van der Waals surface area contributed by atoms with Crippen LogP contribution in [0, 0.1) is 5.92 Å². The van der Waals surface area contributed by atoms with Crippen LogP contribution in [-0.2, 0) is 19.1 Å². The van der Waals surface area contributed by atoms with Gasteiger partial charge in [-0.1, -0.05) is 41.5 Å². The first-order valence-corrected chi connectivity index (χ1v) is 8.38. The number of rotatable bonds is 8. The Bertz CT molecular complexity index is 419. The van der Waals surface area contributed by atoms with E-state index in [-0.39, 0.29) is 23.6 Å². The van der Waals surface area contributed by atoms with E-state index in [1.807, 2.05) is 20.8 Å². The fraction of sp³-hybridized carbons (Fsp3) is 0.800. The van der Waals surface area contributed by atoms with E-state index in [2.05, 4.69) is 5.32 Å². The molecule has 7 nitrogen and oxygen atoms in total. The summed E-state index contributed by atoms with van der Waals surface area (Å²) in [6, 6.07) is 0. The van der Waals surface area contributed by atoms with Gasteiger partial charge in [-0.3, -0.25) is 9.59 Å². The summed E-state index contributed by atoms with van der Waals surface area (Å²) in [5, 5.41) is 10.8. The number of amides is 1. The zero-order chi connectivity index (χ0) is 18.2. The van der Waals surface area contributed by atoms with Crippen molar-refractivity contribution < 1.29 is 29.0 Å². The minimum absolute atomic E-state index is 0.0807. The van der Waals surface area contributed by atoms with Crippen molar-refractivity contribution in [2.75, 3.05) is 6.54 Å². The van der Waals surface area contributed by atoms with E-state index in [1.165, 1.54) is 11.8 Å². The summed E-state index contributed by atoms with van der Waals surface area (Å²) in [6.45, 7) is 10.7. The van der Waals surface area contributed by atoms with Crippen LogP contribution in [0.25, 0.3) is 0 Å². The third-order valence-corrected chi connectivity index (χ3v) is 3.87.